The van der Waals surface area contributed by atoms with Gasteiger partial charge in [-0.05, 0) is 18.5 Å². The van der Waals surface area contributed by atoms with Gasteiger partial charge in [-0.25, -0.2) is 0 Å². The summed E-state index contributed by atoms with van der Waals surface area (Å²) in [4.78, 5) is 0. The molecule has 1 rings (SSSR count). The van der Waals surface area contributed by atoms with E-state index in [-0.39, 0.29) is 12.6 Å². The molecule has 0 aromatic heterocycles. The van der Waals surface area contributed by atoms with E-state index in [9.17, 15) is 0 Å². The summed E-state index contributed by atoms with van der Waals surface area (Å²) >= 11 is 0. The molecule has 0 fully saturated rings. The molecule has 0 aliphatic heterocycles. The average molecular weight is 179 g/mol. The summed E-state index contributed by atoms with van der Waals surface area (Å²) in [6, 6.07) is 10.5. The lowest BCUT2D eigenvalue weighted by Crippen LogP contribution is -2.21. The molecule has 0 spiro atoms. The van der Waals surface area contributed by atoms with Crippen molar-refractivity contribution in [3.05, 3.63) is 35.9 Å². The Morgan fingerprint density at radius 2 is 2.00 bits per heavy atom. The van der Waals surface area contributed by atoms with Gasteiger partial charge in [0.05, 0.1) is 0 Å². The molecule has 0 bridgehead atoms. The van der Waals surface area contributed by atoms with Crippen LogP contribution in [0, 0.1) is 0 Å². The van der Waals surface area contributed by atoms with E-state index in [1.165, 1.54) is 5.56 Å². The summed E-state index contributed by atoms with van der Waals surface area (Å²) in [5.41, 5.74) is 1.25. The fourth-order valence-electron chi connectivity index (χ4n) is 1.45. The first-order valence-electron chi connectivity index (χ1n) is 4.77. The van der Waals surface area contributed by atoms with E-state index >= 15 is 0 Å². The molecule has 13 heavy (non-hydrogen) atoms. The third-order valence-corrected chi connectivity index (χ3v) is 2.07. The number of aliphatic hydroxyl groups is 1. The molecular weight excluding hydrogens is 162 g/mol. The van der Waals surface area contributed by atoms with E-state index in [1.807, 2.05) is 18.2 Å². The van der Waals surface area contributed by atoms with E-state index < -0.39 is 0 Å². The van der Waals surface area contributed by atoms with Crippen molar-refractivity contribution in [2.45, 2.75) is 19.4 Å². The maximum atomic E-state index is 8.88. The van der Waals surface area contributed by atoms with Crippen LogP contribution in [-0.4, -0.2) is 18.3 Å². The van der Waals surface area contributed by atoms with E-state index in [2.05, 4.69) is 24.4 Å². The molecule has 1 aromatic carbocycles. The maximum Gasteiger partial charge on any atom is 0.0449 e. The van der Waals surface area contributed by atoms with Crippen molar-refractivity contribution in [1.29, 1.82) is 0 Å². The quantitative estimate of drug-likeness (QED) is 0.721. The minimum Gasteiger partial charge on any atom is -0.396 e. The standard InChI is InChI=1S/C11H17NO/c1-2-12-11(8-9-13)10-6-4-3-5-7-10/h3-7,11-13H,2,8-9H2,1H3/t11-/m1/s1. The molecule has 0 radical (unpaired) electrons. The third kappa shape index (κ3) is 3.17. The van der Waals surface area contributed by atoms with Crippen LogP contribution in [0.25, 0.3) is 0 Å². The molecular formula is C11H17NO. The number of nitrogens with one attached hydrogen (secondary N) is 1. The first kappa shape index (κ1) is 10.2. The highest BCUT2D eigenvalue weighted by Gasteiger charge is 2.07. The molecule has 0 saturated carbocycles. The Kier molecular flexibility index (Phi) is 4.50. The molecule has 2 heteroatoms. The predicted octanol–water partition coefficient (Wildman–Crippen LogP) is 1.72. The summed E-state index contributed by atoms with van der Waals surface area (Å²) in [6.07, 6.45) is 0.776. The summed E-state index contributed by atoms with van der Waals surface area (Å²) in [7, 11) is 0. The highest BCUT2D eigenvalue weighted by Crippen LogP contribution is 2.15. The van der Waals surface area contributed by atoms with Crippen molar-refractivity contribution in [1.82, 2.24) is 5.32 Å². The van der Waals surface area contributed by atoms with Gasteiger partial charge in [0.1, 0.15) is 0 Å². The van der Waals surface area contributed by atoms with Crippen molar-refractivity contribution >= 4 is 0 Å². The lowest BCUT2D eigenvalue weighted by Gasteiger charge is -2.16. The zero-order chi connectivity index (χ0) is 9.52. The molecule has 0 amide bonds. The van der Waals surface area contributed by atoms with Gasteiger partial charge in [-0.1, -0.05) is 37.3 Å². The van der Waals surface area contributed by atoms with E-state index in [4.69, 9.17) is 5.11 Å². The second-order valence-electron chi connectivity index (χ2n) is 3.03. The SMILES string of the molecule is CCN[C@H](CCO)c1ccccc1. The summed E-state index contributed by atoms with van der Waals surface area (Å²) in [6.45, 7) is 3.24. The first-order valence-corrected chi connectivity index (χ1v) is 4.77. The number of hydrogen-bond donors (Lipinski definition) is 2. The molecule has 2 N–H and O–H groups in total. The van der Waals surface area contributed by atoms with Crippen LogP contribution in [0.4, 0.5) is 0 Å². The Morgan fingerprint density at radius 1 is 1.31 bits per heavy atom. The van der Waals surface area contributed by atoms with Gasteiger partial charge in [0.2, 0.25) is 0 Å². The van der Waals surface area contributed by atoms with Crippen LogP contribution >= 0.6 is 0 Å². The van der Waals surface area contributed by atoms with Crippen LogP contribution in [0.1, 0.15) is 24.9 Å². The highest BCUT2D eigenvalue weighted by atomic mass is 16.3. The Bertz CT molecular complexity index is 217. The zero-order valence-corrected chi connectivity index (χ0v) is 8.03. The molecule has 0 aliphatic rings. The zero-order valence-electron chi connectivity index (χ0n) is 8.03. The van der Waals surface area contributed by atoms with Crippen molar-refractivity contribution in [3.8, 4) is 0 Å². The Hall–Kier alpha value is -0.860. The van der Waals surface area contributed by atoms with Gasteiger partial charge in [0, 0.05) is 12.6 Å². The lowest BCUT2D eigenvalue weighted by molar-refractivity contribution is 0.266. The normalized spacial score (nSPS) is 12.8. The van der Waals surface area contributed by atoms with Crippen LogP contribution in [0.3, 0.4) is 0 Å². The van der Waals surface area contributed by atoms with Gasteiger partial charge in [-0.3, -0.25) is 0 Å². The van der Waals surface area contributed by atoms with Gasteiger partial charge in [0.15, 0.2) is 0 Å². The van der Waals surface area contributed by atoms with Crippen LogP contribution in [0.5, 0.6) is 0 Å². The summed E-state index contributed by atoms with van der Waals surface area (Å²) in [5, 5.41) is 12.2. The maximum absolute atomic E-state index is 8.88. The summed E-state index contributed by atoms with van der Waals surface area (Å²) in [5.74, 6) is 0. The average Bonchev–Trinajstić information content (AvgIpc) is 2.19. The second-order valence-corrected chi connectivity index (χ2v) is 3.03. The summed E-state index contributed by atoms with van der Waals surface area (Å²) < 4.78 is 0. The topological polar surface area (TPSA) is 32.3 Å². The lowest BCUT2D eigenvalue weighted by atomic mass is 10.0. The number of benzene rings is 1. The minimum absolute atomic E-state index is 0.229. The van der Waals surface area contributed by atoms with Gasteiger partial charge in [-0.15, -0.1) is 0 Å². The van der Waals surface area contributed by atoms with Crippen molar-refractivity contribution in [3.63, 3.8) is 0 Å². The van der Waals surface area contributed by atoms with Crippen molar-refractivity contribution < 1.29 is 5.11 Å². The van der Waals surface area contributed by atoms with Crippen LogP contribution in [0.2, 0.25) is 0 Å². The Balaban J connectivity index is 2.64. The third-order valence-electron chi connectivity index (χ3n) is 2.07. The number of rotatable bonds is 5. The molecule has 0 heterocycles. The van der Waals surface area contributed by atoms with Gasteiger partial charge in [0.25, 0.3) is 0 Å². The van der Waals surface area contributed by atoms with Crippen molar-refractivity contribution in [2.24, 2.45) is 0 Å². The van der Waals surface area contributed by atoms with Gasteiger partial charge < -0.3 is 10.4 Å². The molecule has 1 aromatic rings. The van der Waals surface area contributed by atoms with Crippen LogP contribution < -0.4 is 5.32 Å². The molecule has 2 nitrogen and oxygen atoms in total. The Labute approximate surface area is 79.6 Å². The molecule has 0 saturated heterocycles. The molecule has 0 unspecified atom stereocenters. The fourth-order valence-corrected chi connectivity index (χ4v) is 1.45. The number of hydrogen-bond acceptors (Lipinski definition) is 2. The predicted molar refractivity (Wildman–Crippen MR) is 54.6 cm³/mol. The smallest absolute Gasteiger partial charge is 0.0449 e. The van der Waals surface area contributed by atoms with Crippen LogP contribution in [0.15, 0.2) is 30.3 Å². The molecule has 72 valence electrons. The van der Waals surface area contributed by atoms with E-state index in [1.54, 1.807) is 0 Å². The minimum atomic E-state index is 0.229. The number of aliphatic hydroxyl groups excluding tert-OH is 1. The molecule has 0 aliphatic carbocycles. The fraction of sp³-hybridized carbons (Fsp3) is 0.455. The van der Waals surface area contributed by atoms with Gasteiger partial charge in [-0.2, -0.15) is 0 Å². The van der Waals surface area contributed by atoms with Crippen molar-refractivity contribution in [2.75, 3.05) is 13.2 Å². The van der Waals surface area contributed by atoms with Crippen LogP contribution in [-0.2, 0) is 0 Å². The van der Waals surface area contributed by atoms with E-state index in [0.717, 1.165) is 13.0 Å². The largest absolute Gasteiger partial charge is 0.396 e. The highest BCUT2D eigenvalue weighted by molar-refractivity contribution is 5.18. The van der Waals surface area contributed by atoms with Gasteiger partial charge >= 0.3 is 0 Å². The second kappa shape index (κ2) is 5.73. The first-order chi connectivity index (χ1) is 6.38. The van der Waals surface area contributed by atoms with E-state index in [0.29, 0.717) is 0 Å². The monoisotopic (exact) mass is 179 g/mol. The Morgan fingerprint density at radius 3 is 2.54 bits per heavy atom. The molecule has 1 atom stereocenters.